The second-order valence-electron chi connectivity index (χ2n) is 3.70. The molecule has 0 saturated carbocycles. The molecule has 0 saturated heterocycles. The number of rotatable bonds is 5. The first kappa shape index (κ1) is 14.1. The number of aromatic nitrogens is 3. The van der Waals surface area contributed by atoms with E-state index in [0.717, 1.165) is 0 Å². The zero-order valence-corrected chi connectivity index (χ0v) is 12.1. The Morgan fingerprint density at radius 1 is 1.20 bits per heavy atom. The molecule has 0 aliphatic carbocycles. The normalized spacial score (nSPS) is 10.8. The maximum absolute atomic E-state index is 5.32. The van der Waals surface area contributed by atoms with Crippen molar-refractivity contribution in [2.24, 2.45) is 5.10 Å². The third kappa shape index (κ3) is 2.80. The Morgan fingerprint density at radius 2 is 1.85 bits per heavy atom. The van der Waals surface area contributed by atoms with E-state index in [1.54, 1.807) is 39.7 Å². The van der Waals surface area contributed by atoms with E-state index in [9.17, 15) is 0 Å². The molecule has 0 spiro atoms. The molecule has 8 heteroatoms. The molecule has 7 nitrogen and oxygen atoms in total. The van der Waals surface area contributed by atoms with Gasteiger partial charge in [0.25, 0.3) is 0 Å². The SMILES string of the molecule is COc1cc(OC)c(/C=N\n2cn[nH]c2=S)c(OC)c1. The van der Waals surface area contributed by atoms with Gasteiger partial charge in [-0.2, -0.15) is 14.9 Å². The van der Waals surface area contributed by atoms with Crippen LogP contribution in [-0.4, -0.2) is 42.4 Å². The fourth-order valence-corrected chi connectivity index (χ4v) is 1.75. The lowest BCUT2D eigenvalue weighted by Gasteiger charge is -2.11. The van der Waals surface area contributed by atoms with E-state index in [-0.39, 0.29) is 0 Å². The van der Waals surface area contributed by atoms with E-state index in [1.165, 1.54) is 11.0 Å². The average molecular weight is 294 g/mol. The Balaban J connectivity index is 2.47. The van der Waals surface area contributed by atoms with Crippen molar-refractivity contribution in [1.29, 1.82) is 0 Å². The second kappa shape index (κ2) is 6.20. The molecule has 0 atom stereocenters. The lowest BCUT2D eigenvalue weighted by molar-refractivity contribution is 0.374. The van der Waals surface area contributed by atoms with Crippen LogP contribution in [0.3, 0.4) is 0 Å². The summed E-state index contributed by atoms with van der Waals surface area (Å²) < 4.78 is 17.6. The molecule has 0 aliphatic rings. The van der Waals surface area contributed by atoms with Crippen molar-refractivity contribution in [3.05, 3.63) is 28.8 Å². The van der Waals surface area contributed by atoms with Crippen molar-refractivity contribution in [3.8, 4) is 17.2 Å². The standard InChI is InChI=1S/C12H14N4O3S/c1-17-8-4-10(18-2)9(11(5-8)19-3)6-14-16-7-13-15-12(16)20/h4-7H,1-3H3,(H,15,20)/b14-6-. The summed E-state index contributed by atoms with van der Waals surface area (Å²) in [5.41, 5.74) is 0.680. The molecule has 1 aromatic heterocycles. The van der Waals surface area contributed by atoms with Gasteiger partial charge in [-0.3, -0.25) is 5.10 Å². The quantitative estimate of drug-likeness (QED) is 0.673. The fraction of sp³-hybridized carbons (Fsp3) is 0.250. The number of ether oxygens (including phenoxy) is 3. The Hall–Kier alpha value is -2.35. The van der Waals surface area contributed by atoms with Crippen molar-refractivity contribution < 1.29 is 14.2 Å². The minimum atomic E-state index is 0.396. The summed E-state index contributed by atoms with van der Waals surface area (Å²) in [4.78, 5) is 0. The van der Waals surface area contributed by atoms with Gasteiger partial charge < -0.3 is 14.2 Å². The smallest absolute Gasteiger partial charge is 0.216 e. The van der Waals surface area contributed by atoms with Crippen LogP contribution in [0.5, 0.6) is 17.2 Å². The molecule has 106 valence electrons. The van der Waals surface area contributed by atoms with Gasteiger partial charge in [-0.15, -0.1) is 0 Å². The monoisotopic (exact) mass is 294 g/mol. The molecule has 1 aromatic carbocycles. The second-order valence-corrected chi connectivity index (χ2v) is 4.08. The first-order valence-corrected chi connectivity index (χ1v) is 6.06. The largest absolute Gasteiger partial charge is 0.496 e. The third-order valence-corrected chi connectivity index (χ3v) is 2.88. The number of hydrogen-bond acceptors (Lipinski definition) is 6. The van der Waals surface area contributed by atoms with Crippen molar-refractivity contribution >= 4 is 18.4 Å². The minimum absolute atomic E-state index is 0.396. The van der Waals surface area contributed by atoms with Gasteiger partial charge in [0.2, 0.25) is 4.77 Å². The highest BCUT2D eigenvalue weighted by Crippen LogP contribution is 2.32. The Kier molecular flexibility index (Phi) is 4.36. The van der Waals surface area contributed by atoms with Crippen LogP contribution in [0, 0.1) is 4.77 Å². The van der Waals surface area contributed by atoms with E-state index in [1.807, 2.05) is 0 Å². The molecule has 0 fully saturated rings. The molecule has 0 bridgehead atoms. The van der Waals surface area contributed by atoms with Crippen LogP contribution in [0.25, 0.3) is 0 Å². The first-order chi connectivity index (χ1) is 9.69. The molecule has 0 amide bonds. The van der Waals surface area contributed by atoms with Crippen LogP contribution in [0.15, 0.2) is 23.6 Å². The molecule has 20 heavy (non-hydrogen) atoms. The van der Waals surface area contributed by atoms with Crippen LogP contribution in [0.2, 0.25) is 0 Å². The van der Waals surface area contributed by atoms with E-state index in [2.05, 4.69) is 15.3 Å². The van der Waals surface area contributed by atoms with E-state index < -0.39 is 0 Å². The van der Waals surface area contributed by atoms with Crippen molar-refractivity contribution in [2.45, 2.75) is 0 Å². The van der Waals surface area contributed by atoms with Crippen molar-refractivity contribution in [2.75, 3.05) is 21.3 Å². The molecule has 2 rings (SSSR count). The number of methoxy groups -OCH3 is 3. The number of H-pyrrole nitrogens is 1. The van der Waals surface area contributed by atoms with Gasteiger partial charge in [-0.1, -0.05) is 0 Å². The molecule has 1 N–H and O–H groups in total. The third-order valence-electron chi connectivity index (χ3n) is 2.60. The minimum Gasteiger partial charge on any atom is -0.496 e. The fourth-order valence-electron chi connectivity index (χ4n) is 1.60. The summed E-state index contributed by atoms with van der Waals surface area (Å²) in [5, 5.41) is 10.6. The molecule has 1 heterocycles. The number of hydrogen-bond donors (Lipinski definition) is 1. The maximum Gasteiger partial charge on any atom is 0.216 e. The van der Waals surface area contributed by atoms with Gasteiger partial charge in [0.05, 0.1) is 33.1 Å². The number of nitrogens with one attached hydrogen (secondary N) is 1. The molecule has 0 aliphatic heterocycles. The van der Waals surface area contributed by atoms with Crippen LogP contribution < -0.4 is 14.2 Å². The van der Waals surface area contributed by atoms with Crippen LogP contribution in [-0.2, 0) is 0 Å². The Labute approximate surface area is 120 Å². The van der Waals surface area contributed by atoms with Gasteiger partial charge in [0.1, 0.15) is 23.6 Å². The predicted molar refractivity (Wildman–Crippen MR) is 76.5 cm³/mol. The van der Waals surface area contributed by atoms with Gasteiger partial charge in [-0.25, -0.2) is 0 Å². The maximum atomic E-state index is 5.32. The lowest BCUT2D eigenvalue weighted by Crippen LogP contribution is -1.99. The highest BCUT2D eigenvalue weighted by atomic mass is 32.1. The van der Waals surface area contributed by atoms with Crippen molar-refractivity contribution in [1.82, 2.24) is 14.9 Å². The molecule has 0 unspecified atom stereocenters. The van der Waals surface area contributed by atoms with E-state index in [4.69, 9.17) is 26.4 Å². The van der Waals surface area contributed by atoms with Crippen LogP contribution in [0.4, 0.5) is 0 Å². The van der Waals surface area contributed by atoms with E-state index >= 15 is 0 Å². The number of nitrogens with zero attached hydrogens (tertiary/aromatic N) is 3. The van der Waals surface area contributed by atoms with Gasteiger partial charge in [0, 0.05) is 12.1 Å². The number of aromatic amines is 1. The highest BCUT2D eigenvalue weighted by Gasteiger charge is 2.11. The Morgan fingerprint density at radius 3 is 2.30 bits per heavy atom. The molecule has 0 radical (unpaired) electrons. The topological polar surface area (TPSA) is 73.7 Å². The van der Waals surface area contributed by atoms with Crippen LogP contribution >= 0.6 is 12.2 Å². The summed E-state index contributed by atoms with van der Waals surface area (Å²) in [6.07, 6.45) is 3.06. The molecular formula is C12H14N4O3S. The van der Waals surface area contributed by atoms with Gasteiger partial charge in [-0.05, 0) is 12.2 Å². The van der Waals surface area contributed by atoms with E-state index in [0.29, 0.717) is 27.6 Å². The van der Waals surface area contributed by atoms with Crippen LogP contribution in [0.1, 0.15) is 5.56 Å². The highest BCUT2D eigenvalue weighted by molar-refractivity contribution is 7.71. The van der Waals surface area contributed by atoms with Crippen molar-refractivity contribution in [3.63, 3.8) is 0 Å². The molecular weight excluding hydrogens is 280 g/mol. The number of benzene rings is 1. The zero-order chi connectivity index (χ0) is 14.5. The predicted octanol–water partition coefficient (Wildman–Crippen LogP) is 1.85. The average Bonchev–Trinajstić information content (AvgIpc) is 2.89. The molecule has 2 aromatic rings. The zero-order valence-electron chi connectivity index (χ0n) is 11.3. The lowest BCUT2D eigenvalue weighted by atomic mass is 10.2. The Bertz CT molecular complexity index is 652. The summed E-state index contributed by atoms with van der Waals surface area (Å²) in [5.74, 6) is 1.80. The first-order valence-electron chi connectivity index (χ1n) is 5.66. The summed E-state index contributed by atoms with van der Waals surface area (Å²) in [7, 11) is 4.71. The van der Waals surface area contributed by atoms with Gasteiger partial charge in [0.15, 0.2) is 0 Å². The summed E-state index contributed by atoms with van der Waals surface area (Å²) >= 11 is 5.01. The summed E-state index contributed by atoms with van der Waals surface area (Å²) in [6.45, 7) is 0. The van der Waals surface area contributed by atoms with Gasteiger partial charge >= 0.3 is 0 Å². The summed E-state index contributed by atoms with van der Waals surface area (Å²) in [6, 6.07) is 3.50.